The minimum Gasteiger partial charge on any atom is -0.344 e. The molecule has 0 aliphatic rings. The molecule has 0 aliphatic heterocycles. The topological polar surface area (TPSA) is 54.9 Å². The van der Waals surface area contributed by atoms with Crippen LogP contribution in [0.15, 0.2) is 52.8 Å². The van der Waals surface area contributed by atoms with Gasteiger partial charge in [0, 0.05) is 29.4 Å². The number of thiazole rings is 1. The molecule has 3 aromatic rings. The van der Waals surface area contributed by atoms with Crippen molar-refractivity contribution < 1.29 is 4.79 Å². The number of carbonyl (C=O) groups excluding carboxylic acids is 1. The van der Waals surface area contributed by atoms with Crippen molar-refractivity contribution in [3.63, 3.8) is 0 Å². The number of nitrogens with one attached hydrogen (secondary N) is 1. The van der Waals surface area contributed by atoms with Crippen molar-refractivity contribution in [2.24, 2.45) is 0 Å². The van der Waals surface area contributed by atoms with Crippen molar-refractivity contribution in [1.29, 1.82) is 0 Å². The van der Waals surface area contributed by atoms with E-state index in [2.05, 4.69) is 15.3 Å². The molecule has 3 aromatic heterocycles. The molecule has 4 nitrogen and oxygen atoms in total. The summed E-state index contributed by atoms with van der Waals surface area (Å²) in [5, 5.41) is 9.77. The molecule has 0 saturated carbocycles. The van der Waals surface area contributed by atoms with Crippen LogP contribution in [-0.4, -0.2) is 15.9 Å². The predicted molar refractivity (Wildman–Crippen MR) is 95.3 cm³/mol. The van der Waals surface area contributed by atoms with E-state index >= 15 is 0 Å². The Bertz CT molecular complexity index is 794. The van der Waals surface area contributed by atoms with Crippen LogP contribution in [0.2, 0.25) is 0 Å². The number of carbonyl (C=O) groups is 1. The van der Waals surface area contributed by atoms with Gasteiger partial charge in [-0.1, -0.05) is 0 Å². The molecule has 0 fully saturated rings. The summed E-state index contributed by atoms with van der Waals surface area (Å²) < 4.78 is 0. The third-order valence-corrected chi connectivity index (χ3v) is 4.91. The fourth-order valence-electron chi connectivity index (χ4n) is 2.00. The lowest BCUT2D eigenvalue weighted by Gasteiger charge is -2.08. The summed E-state index contributed by atoms with van der Waals surface area (Å²) in [6.45, 7) is 1.93. The molecule has 6 heteroatoms. The molecule has 116 valence electrons. The fraction of sp³-hybridized carbons (Fsp3) is 0.118. The molecule has 0 aromatic carbocycles. The van der Waals surface area contributed by atoms with Gasteiger partial charge in [0.05, 0.1) is 11.7 Å². The van der Waals surface area contributed by atoms with E-state index in [1.54, 1.807) is 29.8 Å². The summed E-state index contributed by atoms with van der Waals surface area (Å²) in [4.78, 5) is 20.7. The van der Waals surface area contributed by atoms with Gasteiger partial charge < -0.3 is 5.32 Å². The van der Waals surface area contributed by atoms with E-state index in [0.717, 1.165) is 21.8 Å². The van der Waals surface area contributed by atoms with Gasteiger partial charge >= 0.3 is 0 Å². The van der Waals surface area contributed by atoms with Gasteiger partial charge in [0.15, 0.2) is 0 Å². The molecule has 0 unspecified atom stereocenters. The van der Waals surface area contributed by atoms with Crippen LogP contribution in [0.4, 0.5) is 0 Å². The quantitative estimate of drug-likeness (QED) is 0.709. The summed E-state index contributed by atoms with van der Waals surface area (Å²) in [5.41, 5.74) is 2.89. The predicted octanol–water partition coefficient (Wildman–Crippen LogP) is 4.16. The molecule has 1 amide bonds. The molecule has 3 rings (SSSR count). The summed E-state index contributed by atoms with van der Waals surface area (Å²) in [6.07, 6.45) is 6.88. The molecule has 3 heterocycles. The molecule has 0 bridgehead atoms. The van der Waals surface area contributed by atoms with Gasteiger partial charge in [0.2, 0.25) is 5.91 Å². The zero-order valence-corrected chi connectivity index (χ0v) is 14.1. The van der Waals surface area contributed by atoms with Crippen LogP contribution in [0.1, 0.15) is 23.5 Å². The van der Waals surface area contributed by atoms with Crippen LogP contribution < -0.4 is 5.32 Å². The highest BCUT2D eigenvalue weighted by atomic mass is 32.1. The fourth-order valence-corrected chi connectivity index (χ4v) is 3.46. The Morgan fingerprint density at radius 3 is 3.00 bits per heavy atom. The van der Waals surface area contributed by atoms with Crippen molar-refractivity contribution in [2.45, 2.75) is 13.0 Å². The molecular weight excluding hydrogens is 326 g/mol. The first-order chi connectivity index (χ1) is 11.2. The number of hydrogen-bond acceptors (Lipinski definition) is 5. The van der Waals surface area contributed by atoms with Crippen LogP contribution in [0.25, 0.3) is 17.3 Å². The highest BCUT2D eigenvalue weighted by Crippen LogP contribution is 2.24. The van der Waals surface area contributed by atoms with Crippen molar-refractivity contribution in [2.75, 3.05) is 0 Å². The maximum Gasteiger partial charge on any atom is 0.244 e. The standard InChI is InChI=1S/C17H15N3OS2/c1-12(19-16(21)5-4-13-6-8-22-10-13)17-20-15(11-23-17)14-3-2-7-18-9-14/h2-12H,1H3,(H,19,21)/b5-4+/t12-/m1/s1. The summed E-state index contributed by atoms with van der Waals surface area (Å²) in [7, 11) is 0. The van der Waals surface area contributed by atoms with Crippen molar-refractivity contribution in [3.05, 3.63) is 63.4 Å². The minimum atomic E-state index is -0.134. The zero-order chi connectivity index (χ0) is 16.1. The highest BCUT2D eigenvalue weighted by molar-refractivity contribution is 7.10. The van der Waals surface area contributed by atoms with Gasteiger partial charge in [-0.3, -0.25) is 9.78 Å². The van der Waals surface area contributed by atoms with Gasteiger partial charge in [-0.05, 0) is 47.5 Å². The van der Waals surface area contributed by atoms with Crippen molar-refractivity contribution in [3.8, 4) is 11.3 Å². The van der Waals surface area contributed by atoms with E-state index in [1.165, 1.54) is 11.3 Å². The average Bonchev–Trinajstić information content (AvgIpc) is 3.25. The molecule has 0 aliphatic carbocycles. The third-order valence-electron chi connectivity index (χ3n) is 3.18. The summed E-state index contributed by atoms with van der Waals surface area (Å²) in [6, 6.07) is 5.69. The maximum atomic E-state index is 12.0. The molecule has 23 heavy (non-hydrogen) atoms. The van der Waals surface area contributed by atoms with Gasteiger partial charge in [0.1, 0.15) is 5.01 Å². The lowest BCUT2D eigenvalue weighted by molar-refractivity contribution is -0.117. The molecule has 1 atom stereocenters. The monoisotopic (exact) mass is 341 g/mol. The van der Waals surface area contributed by atoms with Gasteiger partial charge in [-0.2, -0.15) is 11.3 Å². The van der Waals surface area contributed by atoms with Crippen LogP contribution in [0, 0.1) is 0 Å². The second-order valence-electron chi connectivity index (χ2n) is 4.93. The maximum absolute atomic E-state index is 12.0. The molecular formula is C17H15N3OS2. The second-order valence-corrected chi connectivity index (χ2v) is 6.60. The lowest BCUT2D eigenvalue weighted by atomic mass is 10.2. The number of pyridine rings is 1. The van der Waals surface area contributed by atoms with Gasteiger partial charge in [-0.25, -0.2) is 4.98 Å². The Kier molecular flexibility index (Phi) is 4.95. The Labute approximate surface area is 142 Å². The first-order valence-corrected chi connectivity index (χ1v) is 8.91. The van der Waals surface area contributed by atoms with E-state index in [1.807, 2.05) is 47.3 Å². The first-order valence-electron chi connectivity index (χ1n) is 7.09. The number of nitrogens with zero attached hydrogens (tertiary/aromatic N) is 2. The Morgan fingerprint density at radius 2 is 2.26 bits per heavy atom. The van der Waals surface area contributed by atoms with Gasteiger partial charge in [-0.15, -0.1) is 11.3 Å². The summed E-state index contributed by atoms with van der Waals surface area (Å²) >= 11 is 3.14. The van der Waals surface area contributed by atoms with Crippen LogP contribution in [0.5, 0.6) is 0 Å². The first kappa shape index (κ1) is 15.6. The summed E-state index contributed by atoms with van der Waals surface area (Å²) in [5.74, 6) is -0.123. The van der Waals surface area contributed by atoms with Crippen LogP contribution >= 0.6 is 22.7 Å². The Balaban J connectivity index is 1.63. The smallest absolute Gasteiger partial charge is 0.244 e. The number of rotatable bonds is 5. The normalized spacial score (nSPS) is 12.4. The SMILES string of the molecule is C[C@@H](NC(=O)/C=C/c1ccsc1)c1nc(-c2cccnc2)cs1. The molecule has 0 radical (unpaired) electrons. The number of amides is 1. The van der Waals surface area contributed by atoms with Crippen LogP contribution in [0.3, 0.4) is 0 Å². The van der Waals surface area contributed by atoms with Gasteiger partial charge in [0.25, 0.3) is 0 Å². The van der Waals surface area contributed by atoms with E-state index < -0.39 is 0 Å². The molecule has 0 spiro atoms. The molecule has 0 saturated heterocycles. The van der Waals surface area contributed by atoms with Crippen molar-refractivity contribution in [1.82, 2.24) is 15.3 Å². The number of thiophene rings is 1. The number of hydrogen-bond donors (Lipinski definition) is 1. The Hall–Kier alpha value is -2.31. The largest absolute Gasteiger partial charge is 0.344 e. The van der Waals surface area contributed by atoms with E-state index in [-0.39, 0.29) is 11.9 Å². The van der Waals surface area contributed by atoms with Crippen LogP contribution in [-0.2, 0) is 4.79 Å². The second kappa shape index (κ2) is 7.30. The van der Waals surface area contributed by atoms with E-state index in [4.69, 9.17) is 0 Å². The number of aromatic nitrogens is 2. The van der Waals surface area contributed by atoms with E-state index in [9.17, 15) is 4.79 Å². The van der Waals surface area contributed by atoms with E-state index in [0.29, 0.717) is 0 Å². The zero-order valence-electron chi connectivity index (χ0n) is 12.5. The minimum absolute atomic E-state index is 0.123. The van der Waals surface area contributed by atoms with Crippen molar-refractivity contribution >= 4 is 34.7 Å². The highest BCUT2D eigenvalue weighted by Gasteiger charge is 2.13. The molecule has 1 N–H and O–H groups in total. The average molecular weight is 341 g/mol. The Morgan fingerprint density at radius 1 is 1.35 bits per heavy atom. The lowest BCUT2D eigenvalue weighted by Crippen LogP contribution is -2.24. The third kappa shape index (κ3) is 4.12.